The van der Waals surface area contributed by atoms with Gasteiger partial charge in [-0.2, -0.15) is 13.2 Å². The number of phenols is 1. The summed E-state index contributed by atoms with van der Waals surface area (Å²) in [5, 5.41) is 23.2. The van der Waals surface area contributed by atoms with Crippen LogP contribution in [0.4, 0.5) is 13.2 Å². The molecule has 1 spiro atoms. The Kier molecular flexibility index (Phi) is 5.47. The summed E-state index contributed by atoms with van der Waals surface area (Å²) in [7, 11) is 3.70. The smallest absolute Gasteiger partial charge is 0.416 e. The fraction of sp³-hybridized carbons (Fsp3) is 0.483. The molecule has 6 nitrogen and oxygen atoms in total. The third kappa shape index (κ3) is 3.30. The monoisotopic (exact) mass is 528 g/mol. The molecule has 1 saturated carbocycles. The lowest BCUT2D eigenvalue weighted by Crippen LogP contribution is -2.79. The summed E-state index contributed by atoms with van der Waals surface area (Å²) in [6.45, 7) is 2.74. The molecule has 2 aliphatic carbocycles. The zero-order valence-corrected chi connectivity index (χ0v) is 21.5. The second kappa shape index (κ2) is 8.23. The van der Waals surface area contributed by atoms with Gasteiger partial charge in [0.1, 0.15) is 6.10 Å². The molecule has 2 aromatic rings. The van der Waals surface area contributed by atoms with Crippen molar-refractivity contribution in [3.05, 3.63) is 64.7 Å². The molecule has 2 aromatic carbocycles. The second-order valence-electron chi connectivity index (χ2n) is 11.4. The van der Waals surface area contributed by atoms with Gasteiger partial charge in [0.25, 0.3) is 0 Å². The number of rotatable bonds is 3. The number of hydrogen-bond donors (Lipinski definition) is 2. The lowest BCUT2D eigenvalue weighted by Gasteiger charge is -2.65. The van der Waals surface area contributed by atoms with Gasteiger partial charge in [-0.15, -0.1) is 0 Å². The molecule has 1 saturated heterocycles. The first-order valence-electron chi connectivity index (χ1n) is 13.0. The molecule has 9 heteroatoms. The number of likely N-dealkylation sites (tertiary alicyclic amines) is 1. The first-order chi connectivity index (χ1) is 17.9. The normalized spacial score (nSPS) is 33.7. The molecule has 202 valence electrons. The van der Waals surface area contributed by atoms with Gasteiger partial charge in [0, 0.05) is 24.7 Å². The van der Waals surface area contributed by atoms with Crippen LogP contribution in [0.1, 0.15) is 42.0 Å². The first kappa shape index (κ1) is 25.2. The Labute approximate surface area is 219 Å². The zero-order valence-electron chi connectivity index (χ0n) is 21.5. The van der Waals surface area contributed by atoms with E-state index in [1.807, 2.05) is 20.0 Å². The van der Waals surface area contributed by atoms with E-state index < -0.39 is 34.9 Å². The number of phenolic OH excluding ortho intramolecular Hbond substituents is 1. The highest BCUT2D eigenvalue weighted by molar-refractivity contribution is 5.92. The van der Waals surface area contributed by atoms with Gasteiger partial charge in [-0.3, -0.25) is 4.79 Å². The molecule has 6 rings (SSSR count). The largest absolute Gasteiger partial charge is 0.504 e. The highest BCUT2D eigenvalue weighted by atomic mass is 19.4. The van der Waals surface area contributed by atoms with Crippen LogP contribution in [0.15, 0.2) is 42.5 Å². The van der Waals surface area contributed by atoms with Crippen molar-refractivity contribution in [2.24, 2.45) is 5.92 Å². The Morgan fingerprint density at radius 2 is 2.03 bits per heavy atom. The number of benzene rings is 2. The van der Waals surface area contributed by atoms with Crippen molar-refractivity contribution >= 4 is 12.0 Å². The van der Waals surface area contributed by atoms with Crippen molar-refractivity contribution in [3.8, 4) is 11.5 Å². The Bertz CT molecular complexity index is 1340. The molecule has 2 heterocycles. The molecule has 38 heavy (non-hydrogen) atoms. The highest BCUT2D eigenvalue weighted by Gasteiger charge is 2.74. The molecule has 2 fully saturated rings. The third-order valence-electron chi connectivity index (χ3n) is 9.48. The lowest BCUT2D eigenvalue weighted by molar-refractivity contribution is -0.208. The van der Waals surface area contributed by atoms with Gasteiger partial charge >= 0.3 is 6.18 Å². The van der Waals surface area contributed by atoms with Crippen molar-refractivity contribution < 1.29 is 32.9 Å². The summed E-state index contributed by atoms with van der Waals surface area (Å²) in [5.41, 5.74) is -0.454. The van der Waals surface area contributed by atoms with Gasteiger partial charge in [-0.05, 0) is 74.2 Å². The number of ether oxygens (including phenoxy) is 1. The summed E-state index contributed by atoms with van der Waals surface area (Å²) in [4.78, 5) is 17.2. The van der Waals surface area contributed by atoms with Gasteiger partial charge < -0.3 is 24.7 Å². The minimum absolute atomic E-state index is 0.0251. The molecule has 1 amide bonds. The Balaban J connectivity index is 1.36. The van der Waals surface area contributed by atoms with Crippen molar-refractivity contribution in [1.82, 2.24) is 9.80 Å². The van der Waals surface area contributed by atoms with Crippen LogP contribution in [-0.4, -0.2) is 70.3 Å². The molecule has 4 aliphatic rings. The van der Waals surface area contributed by atoms with Crippen LogP contribution in [0.2, 0.25) is 0 Å². The molecular formula is C29H31F3N2O4. The minimum Gasteiger partial charge on any atom is -0.504 e. The maximum atomic E-state index is 13.4. The number of carbonyl (C=O) groups excluding carboxylic acids is 1. The maximum Gasteiger partial charge on any atom is 0.416 e. The third-order valence-corrected chi connectivity index (χ3v) is 9.48. The predicted octanol–water partition coefficient (Wildman–Crippen LogP) is 3.98. The molecular weight excluding hydrogens is 497 g/mol. The summed E-state index contributed by atoms with van der Waals surface area (Å²) in [5.74, 6) is -0.0862. The molecule has 2 aliphatic heterocycles. The van der Waals surface area contributed by atoms with Gasteiger partial charge in [0.2, 0.25) is 5.91 Å². The van der Waals surface area contributed by atoms with E-state index in [1.165, 1.54) is 24.3 Å². The Hall–Kier alpha value is -3.04. The van der Waals surface area contributed by atoms with Crippen LogP contribution < -0.4 is 4.74 Å². The molecule has 6 atom stereocenters. The van der Waals surface area contributed by atoms with Gasteiger partial charge in [-0.1, -0.05) is 25.1 Å². The predicted molar refractivity (Wildman–Crippen MR) is 135 cm³/mol. The molecule has 0 unspecified atom stereocenters. The standard InChI is InChI=1S/C29H31F3N2O4/c1-16-15-28(37)21-14-18-8-9-20(35)25-23(18)27(28,11-12-33(21)2)26(38-25)24(16)34(3)22(36)10-7-17-5-4-6-19(13-17)29(30,31)32/h4-10,13,16,21,24,26,35,37H,11-12,14-15H2,1-3H3/t16-,21-,24-,26+,27+,28-/m1/s1. The number of amides is 1. The minimum atomic E-state index is -4.47. The number of carbonyl (C=O) groups is 1. The summed E-state index contributed by atoms with van der Waals surface area (Å²) in [6, 6.07) is 7.84. The van der Waals surface area contributed by atoms with Crippen LogP contribution in [0.3, 0.4) is 0 Å². The molecule has 0 aromatic heterocycles. The van der Waals surface area contributed by atoms with Crippen molar-refractivity contribution in [2.75, 3.05) is 20.6 Å². The van der Waals surface area contributed by atoms with E-state index in [4.69, 9.17) is 4.74 Å². The van der Waals surface area contributed by atoms with E-state index in [0.29, 0.717) is 25.0 Å². The van der Waals surface area contributed by atoms with Gasteiger partial charge in [0.05, 0.1) is 22.6 Å². The van der Waals surface area contributed by atoms with Crippen LogP contribution in [-0.2, 0) is 22.8 Å². The number of aliphatic hydroxyl groups is 1. The molecule has 2 bridgehead atoms. The second-order valence-corrected chi connectivity index (χ2v) is 11.4. The van der Waals surface area contributed by atoms with Crippen LogP contribution >= 0.6 is 0 Å². The zero-order chi connectivity index (χ0) is 27.2. The summed E-state index contributed by atoms with van der Waals surface area (Å²) in [6.07, 6.45) is -0.652. The lowest BCUT2D eigenvalue weighted by atomic mass is 9.47. The average molecular weight is 529 g/mol. The van der Waals surface area contributed by atoms with Crippen LogP contribution in [0.25, 0.3) is 6.08 Å². The number of alkyl halides is 3. The van der Waals surface area contributed by atoms with Crippen LogP contribution in [0.5, 0.6) is 11.5 Å². The highest BCUT2D eigenvalue weighted by Crippen LogP contribution is 2.66. The Morgan fingerprint density at radius 1 is 1.26 bits per heavy atom. The summed E-state index contributed by atoms with van der Waals surface area (Å²) >= 11 is 0. The number of hydrogen-bond acceptors (Lipinski definition) is 5. The van der Waals surface area contributed by atoms with Gasteiger partial charge in [0.15, 0.2) is 11.5 Å². The van der Waals surface area contributed by atoms with E-state index in [1.54, 1.807) is 18.0 Å². The van der Waals surface area contributed by atoms with Gasteiger partial charge in [-0.25, -0.2) is 0 Å². The quantitative estimate of drug-likeness (QED) is 0.590. The maximum absolute atomic E-state index is 13.4. The number of likely N-dealkylation sites (N-methyl/N-ethyl adjacent to an activating group) is 2. The van der Waals surface area contributed by atoms with Crippen molar-refractivity contribution in [1.29, 1.82) is 0 Å². The number of aromatic hydroxyl groups is 1. The van der Waals surface area contributed by atoms with Crippen molar-refractivity contribution in [2.45, 2.75) is 61.6 Å². The van der Waals surface area contributed by atoms with Crippen molar-refractivity contribution in [3.63, 3.8) is 0 Å². The molecule has 2 N–H and O–H groups in total. The topological polar surface area (TPSA) is 73.2 Å². The average Bonchev–Trinajstić information content (AvgIpc) is 3.20. The fourth-order valence-electron chi connectivity index (χ4n) is 7.84. The fourth-order valence-corrected chi connectivity index (χ4v) is 7.84. The first-order valence-corrected chi connectivity index (χ1v) is 13.0. The van der Waals surface area contributed by atoms with Crippen LogP contribution in [0, 0.1) is 5.92 Å². The number of nitrogens with zero attached hydrogens (tertiary/aromatic N) is 2. The Morgan fingerprint density at radius 3 is 2.76 bits per heavy atom. The van der Waals surface area contributed by atoms with E-state index in [9.17, 15) is 28.2 Å². The van der Waals surface area contributed by atoms with E-state index in [2.05, 4.69) is 4.90 Å². The van der Waals surface area contributed by atoms with E-state index in [-0.39, 0.29) is 29.2 Å². The van der Waals surface area contributed by atoms with E-state index >= 15 is 0 Å². The number of halogens is 3. The molecule has 0 radical (unpaired) electrons. The SMILES string of the molecule is C[C@@H]1C[C@@]2(O)[C@H]3Cc4ccc(O)c5c4[C@@]2(CCN3C)[C@@H](O5)[C@@H]1N(C)C(=O)C=Cc1cccc(C(F)(F)F)c1. The summed E-state index contributed by atoms with van der Waals surface area (Å²) < 4.78 is 45.9. The van der Waals surface area contributed by atoms with E-state index in [0.717, 1.165) is 29.8 Å². The number of piperidine rings is 1.